The predicted molar refractivity (Wildman–Crippen MR) is 180 cm³/mol. The molecule has 0 saturated heterocycles. The Balaban J connectivity index is 3.12. The van der Waals surface area contributed by atoms with Gasteiger partial charge in [0.1, 0.15) is 0 Å². The van der Waals surface area contributed by atoms with Crippen LogP contribution in [0.3, 0.4) is 0 Å². The second-order valence-corrected chi connectivity index (χ2v) is 41.7. The zero-order valence-corrected chi connectivity index (χ0v) is 38.7. The van der Waals surface area contributed by atoms with Gasteiger partial charge < -0.3 is 0 Å². The molecule has 0 saturated carbocycles. The van der Waals surface area contributed by atoms with Crippen LogP contribution < -0.4 is 6.25 Å². The Hall–Kier alpha value is 1.60. The van der Waals surface area contributed by atoms with Crippen LogP contribution in [0.15, 0.2) is 48.5 Å². The zero-order chi connectivity index (χ0) is 34.8. The van der Waals surface area contributed by atoms with Crippen LogP contribution in [-0.2, 0) is 30.6 Å². The molecule has 0 fully saturated rings. The van der Waals surface area contributed by atoms with Crippen molar-refractivity contribution >= 4 is 214 Å². The van der Waals surface area contributed by atoms with Gasteiger partial charge in [0.25, 0.3) is 0 Å². The van der Waals surface area contributed by atoms with Gasteiger partial charge >= 0.3 is 334 Å². The van der Waals surface area contributed by atoms with E-state index in [0.717, 1.165) is 0 Å². The van der Waals surface area contributed by atoms with Gasteiger partial charge in [0, 0.05) is 0 Å². The third-order valence-corrected chi connectivity index (χ3v) is 42.3. The Bertz CT molecular complexity index is 1250. The van der Waals surface area contributed by atoms with E-state index in [9.17, 15) is 19.2 Å². The number of alkyl halides is 12. The van der Waals surface area contributed by atoms with Gasteiger partial charge in [-0.05, 0) is 0 Å². The molecule has 248 valence electrons. The quantitative estimate of drug-likeness (QED) is 0.205. The number of rotatable bonds is 8. The number of aryl methyl sites for hydroxylation is 2. The van der Waals surface area contributed by atoms with Crippen molar-refractivity contribution in [2.45, 2.75) is 29.0 Å². The van der Waals surface area contributed by atoms with E-state index in [4.69, 9.17) is 151 Å². The van der Waals surface area contributed by atoms with Crippen molar-refractivity contribution < 1.29 is 30.6 Å². The fourth-order valence-corrected chi connectivity index (χ4v) is 47.9. The van der Waals surface area contributed by atoms with Gasteiger partial charge in [-0.2, -0.15) is 0 Å². The van der Waals surface area contributed by atoms with Gasteiger partial charge in [-0.3, -0.25) is 0 Å². The van der Waals surface area contributed by atoms with Crippen molar-refractivity contribution in [2.24, 2.45) is 0 Å². The molecule has 0 heterocycles. The predicted octanol–water partition coefficient (Wildman–Crippen LogP) is 6.97. The second-order valence-electron chi connectivity index (χ2n) is 8.50. The van der Waals surface area contributed by atoms with Crippen molar-refractivity contribution in [1.29, 1.82) is 0 Å². The summed E-state index contributed by atoms with van der Waals surface area (Å²) in [6, 6.07) is 10.9. The first-order valence-corrected chi connectivity index (χ1v) is 29.2. The molecule has 2 aromatic carbocycles. The van der Waals surface area contributed by atoms with E-state index in [-0.39, 0.29) is 6.25 Å². The average Bonchev–Trinajstić information content (AvgIpc) is 2.86. The maximum absolute atomic E-state index is 13.1. The standard InChI is InChI=1S/2C7H7.4C2HCl3O2.O.2Pb/c2*1-7-5-3-2-4-6-7;4*3-2(4,5)1(6)7;;;/h2*3-6H,1H3;4*(H,6,7);;;/q;;;;;;;2*+2/p-4. The third-order valence-electron chi connectivity index (χ3n) is 4.91. The molecular weight excluding hydrogens is 1250 g/mol. The van der Waals surface area contributed by atoms with Gasteiger partial charge in [-0.1, -0.05) is 0 Å². The van der Waals surface area contributed by atoms with Crippen LogP contribution in [0.25, 0.3) is 0 Å². The third kappa shape index (κ3) is 12.4. The molecule has 0 N–H and O–H groups in total. The number of benzene rings is 2. The van der Waals surface area contributed by atoms with Crippen LogP contribution >= 0.6 is 139 Å². The molecule has 0 aromatic heterocycles. The first-order valence-electron chi connectivity index (χ1n) is 11.3. The van der Waals surface area contributed by atoms with E-state index in [1.165, 1.54) is 48.5 Å². The first kappa shape index (κ1) is 42.8. The Kier molecular flexibility index (Phi) is 15.5. The van der Waals surface area contributed by atoms with Crippen molar-refractivity contribution in [3.63, 3.8) is 0 Å². The summed E-state index contributed by atoms with van der Waals surface area (Å²) in [6.07, 6.45) is 0. The molecule has 0 aliphatic rings. The minimum absolute atomic E-state index is 0.204. The van der Waals surface area contributed by atoms with Crippen LogP contribution in [-0.4, -0.2) is 84.1 Å². The molecule has 2 aromatic rings. The summed E-state index contributed by atoms with van der Waals surface area (Å²) >= 11 is 55.7. The Morgan fingerprint density at radius 1 is 0.444 bits per heavy atom. The van der Waals surface area contributed by atoms with Gasteiger partial charge in [0.15, 0.2) is 0 Å². The van der Waals surface area contributed by atoms with Crippen LogP contribution in [0.2, 0.25) is 0 Å². The molecule has 0 atom stereocenters. The summed E-state index contributed by atoms with van der Waals surface area (Å²) in [7, 11) is 0. The van der Waals surface area contributed by atoms with E-state index in [1.807, 2.05) is 0 Å². The Morgan fingerprint density at radius 2 is 0.644 bits per heavy atom. The fraction of sp³-hybridized carbons (Fsp3) is 0.273. The summed E-state index contributed by atoms with van der Waals surface area (Å²) in [4.78, 5) is 52.5. The van der Waals surface area contributed by atoms with Crippen LogP contribution in [0.4, 0.5) is 0 Å². The molecule has 0 spiro atoms. The number of hydrogen-bond donors (Lipinski definition) is 0. The molecule has 0 radical (unpaired) electrons. The molecule has 45 heavy (non-hydrogen) atoms. The molecule has 0 aliphatic carbocycles. The Labute approximate surface area is 329 Å². The summed E-state index contributed by atoms with van der Waals surface area (Å²) in [5.74, 6) is -6.67. The maximum atomic E-state index is 13.1. The molecule has 0 unspecified atom stereocenters. The van der Waals surface area contributed by atoms with Crippen molar-refractivity contribution in [2.75, 3.05) is 0 Å². The van der Waals surface area contributed by atoms with E-state index in [0.29, 0.717) is 11.1 Å². The van der Waals surface area contributed by atoms with Crippen molar-refractivity contribution in [3.05, 3.63) is 59.7 Å². The van der Waals surface area contributed by atoms with E-state index in [1.54, 1.807) is 13.8 Å². The van der Waals surface area contributed by atoms with E-state index >= 15 is 0 Å². The summed E-state index contributed by atoms with van der Waals surface area (Å²) in [6.45, 7) is 3.35. The molecule has 0 aliphatic heterocycles. The molecule has 23 heteroatoms. The fourth-order valence-electron chi connectivity index (χ4n) is 2.89. The monoisotopic (exact) mass is 1260 g/mol. The summed E-state index contributed by atoms with van der Waals surface area (Å²) in [5.41, 5.74) is 1.28. The van der Waals surface area contributed by atoms with Crippen LogP contribution in [0, 0.1) is 13.8 Å². The molecule has 2 rings (SSSR count). The molecule has 0 bridgehead atoms. The SMILES string of the molecule is Cc1cc[c]([Pb]([O]C(=O)C(Cl)(Cl)Cl)([O]C(=O)C(Cl)(Cl)Cl)[O][Pb]([O]C(=O)C(Cl)(Cl)Cl)([O]C(=O)C(Cl)(Cl)Cl)[c]2ccc(C)cc2)cc1. The zero-order valence-electron chi connectivity index (χ0n) is 21.8. The molecular formula is C22H14Cl12O9Pb2. The minimum atomic E-state index is -6.85. The average molecular weight is 1260 g/mol. The topological polar surface area (TPSA) is 114 Å². The normalized spacial score (nSPS) is 13.1. The van der Waals surface area contributed by atoms with Gasteiger partial charge in [0.05, 0.1) is 0 Å². The number of carbonyl (C=O) groups excluding carboxylic acids is 4. The summed E-state index contributed by atoms with van der Waals surface area (Å²) in [5, 5.41) is 0. The number of halogens is 12. The first-order chi connectivity index (χ1) is 20.2. The number of carbonyl (C=O) groups is 4. The van der Waals surface area contributed by atoms with Gasteiger partial charge in [-0.25, -0.2) is 0 Å². The van der Waals surface area contributed by atoms with Crippen LogP contribution in [0.5, 0.6) is 0 Å². The van der Waals surface area contributed by atoms with Gasteiger partial charge in [-0.15, -0.1) is 0 Å². The van der Waals surface area contributed by atoms with E-state index in [2.05, 4.69) is 0 Å². The summed E-state index contributed by atoms with van der Waals surface area (Å²) < 4.78 is 16.8. The Morgan fingerprint density at radius 3 is 0.822 bits per heavy atom. The molecule has 0 amide bonds. The van der Waals surface area contributed by atoms with E-state index < -0.39 is 84.1 Å². The second kappa shape index (κ2) is 16.3. The number of hydrogen-bond acceptors (Lipinski definition) is 9. The van der Waals surface area contributed by atoms with Crippen LogP contribution in [0.1, 0.15) is 11.1 Å². The molecule has 9 nitrogen and oxygen atoms in total. The van der Waals surface area contributed by atoms with Crippen molar-refractivity contribution in [1.82, 2.24) is 0 Å². The van der Waals surface area contributed by atoms with Crippen molar-refractivity contribution in [3.8, 4) is 0 Å². The van der Waals surface area contributed by atoms with Gasteiger partial charge in [0.2, 0.25) is 0 Å².